The zero-order valence-corrected chi connectivity index (χ0v) is 13.5. The molecule has 0 aliphatic carbocycles. The average Bonchev–Trinajstić information content (AvgIpc) is 2.58. The maximum atomic E-state index is 12.0. The first kappa shape index (κ1) is 17.7. The smallest absolute Gasteiger partial charge is 0.331 e. The van der Waals surface area contributed by atoms with E-state index < -0.39 is 10.9 Å². The van der Waals surface area contributed by atoms with Crippen LogP contribution in [0.15, 0.2) is 30.3 Å². The van der Waals surface area contributed by atoms with Gasteiger partial charge in [0.05, 0.1) is 4.92 Å². The van der Waals surface area contributed by atoms with Crippen LogP contribution in [0.5, 0.6) is 0 Å². The van der Waals surface area contributed by atoms with Gasteiger partial charge in [0.15, 0.2) is 6.61 Å². The summed E-state index contributed by atoms with van der Waals surface area (Å²) < 4.78 is 4.94. The predicted octanol–water partition coefficient (Wildman–Crippen LogP) is 2.41. The number of nitro benzene ring substituents is 1. The van der Waals surface area contributed by atoms with E-state index in [0.29, 0.717) is 24.6 Å². The van der Waals surface area contributed by atoms with Gasteiger partial charge in [-0.15, -0.1) is 0 Å². The molecule has 0 spiro atoms. The van der Waals surface area contributed by atoms with Crippen molar-refractivity contribution in [1.82, 2.24) is 4.90 Å². The molecule has 7 heteroatoms. The molecular weight excluding hydrogens is 312 g/mol. The summed E-state index contributed by atoms with van der Waals surface area (Å²) in [5.74, 6) is -0.384. The van der Waals surface area contributed by atoms with Gasteiger partial charge in [0.25, 0.3) is 11.6 Å². The van der Waals surface area contributed by atoms with E-state index in [0.717, 1.165) is 18.9 Å². The largest absolute Gasteiger partial charge is 0.452 e. The molecule has 128 valence electrons. The fourth-order valence-corrected chi connectivity index (χ4v) is 2.59. The Balaban J connectivity index is 1.83. The Bertz CT molecular complexity index is 656. The molecule has 1 fully saturated rings. The SMILES string of the molecule is C[C@H]1CCCN(C(=O)COC(=O)/C=C/c2cccc([N+](=O)[O-])c2)C1. The van der Waals surface area contributed by atoms with Crippen molar-refractivity contribution >= 4 is 23.6 Å². The van der Waals surface area contributed by atoms with Gasteiger partial charge in [-0.05, 0) is 30.4 Å². The lowest BCUT2D eigenvalue weighted by Crippen LogP contribution is -2.41. The van der Waals surface area contributed by atoms with Gasteiger partial charge >= 0.3 is 5.97 Å². The fraction of sp³-hybridized carbons (Fsp3) is 0.412. The number of esters is 1. The molecule has 1 amide bonds. The van der Waals surface area contributed by atoms with Crippen molar-refractivity contribution in [3.63, 3.8) is 0 Å². The summed E-state index contributed by atoms with van der Waals surface area (Å²) >= 11 is 0. The Morgan fingerprint density at radius 3 is 2.96 bits per heavy atom. The van der Waals surface area contributed by atoms with E-state index in [-0.39, 0.29) is 18.2 Å². The second-order valence-corrected chi connectivity index (χ2v) is 5.88. The van der Waals surface area contributed by atoms with Gasteiger partial charge < -0.3 is 9.64 Å². The number of benzene rings is 1. The number of nitrogens with zero attached hydrogens (tertiary/aromatic N) is 2. The maximum Gasteiger partial charge on any atom is 0.331 e. The Kier molecular flexibility index (Phi) is 6.06. The van der Waals surface area contributed by atoms with Gasteiger partial charge in [0.1, 0.15) is 0 Å². The minimum absolute atomic E-state index is 0.0556. The summed E-state index contributed by atoms with van der Waals surface area (Å²) in [6.07, 6.45) is 4.65. The highest BCUT2D eigenvalue weighted by Gasteiger charge is 2.21. The van der Waals surface area contributed by atoms with E-state index in [2.05, 4.69) is 6.92 Å². The van der Waals surface area contributed by atoms with E-state index in [1.165, 1.54) is 24.3 Å². The van der Waals surface area contributed by atoms with Crippen molar-refractivity contribution in [3.05, 3.63) is 46.0 Å². The van der Waals surface area contributed by atoms with Crippen LogP contribution < -0.4 is 0 Å². The first-order valence-corrected chi connectivity index (χ1v) is 7.83. The number of rotatable bonds is 5. The third-order valence-electron chi connectivity index (χ3n) is 3.84. The van der Waals surface area contributed by atoms with E-state index in [9.17, 15) is 19.7 Å². The average molecular weight is 332 g/mol. The molecule has 0 saturated carbocycles. The Morgan fingerprint density at radius 2 is 2.25 bits per heavy atom. The first-order chi connectivity index (χ1) is 11.5. The maximum absolute atomic E-state index is 12.0. The molecule has 1 heterocycles. The molecule has 1 aliphatic heterocycles. The summed E-state index contributed by atoms with van der Waals surface area (Å²) in [6.45, 7) is 3.20. The van der Waals surface area contributed by atoms with Gasteiger partial charge in [-0.25, -0.2) is 4.79 Å². The summed E-state index contributed by atoms with van der Waals surface area (Å²) in [6, 6.07) is 5.89. The summed E-state index contributed by atoms with van der Waals surface area (Å²) in [4.78, 5) is 35.6. The number of piperidine rings is 1. The summed E-state index contributed by atoms with van der Waals surface area (Å²) in [7, 11) is 0. The lowest BCUT2D eigenvalue weighted by molar-refractivity contribution is -0.384. The van der Waals surface area contributed by atoms with Crippen molar-refractivity contribution < 1.29 is 19.2 Å². The van der Waals surface area contributed by atoms with Crippen molar-refractivity contribution in [3.8, 4) is 0 Å². The number of nitro groups is 1. The van der Waals surface area contributed by atoms with Crippen molar-refractivity contribution in [2.75, 3.05) is 19.7 Å². The normalized spacial score (nSPS) is 17.7. The predicted molar refractivity (Wildman–Crippen MR) is 88.1 cm³/mol. The molecule has 7 nitrogen and oxygen atoms in total. The number of likely N-dealkylation sites (tertiary alicyclic amines) is 1. The molecule has 1 saturated heterocycles. The number of non-ortho nitro benzene ring substituents is 1. The van der Waals surface area contributed by atoms with Crippen LogP contribution in [-0.4, -0.2) is 41.4 Å². The van der Waals surface area contributed by atoms with Crippen LogP contribution in [0.4, 0.5) is 5.69 Å². The molecule has 0 bridgehead atoms. The minimum Gasteiger partial charge on any atom is -0.452 e. The molecule has 0 unspecified atom stereocenters. The minimum atomic E-state index is -0.653. The second kappa shape index (κ2) is 8.24. The van der Waals surface area contributed by atoms with Crippen molar-refractivity contribution in [2.45, 2.75) is 19.8 Å². The molecule has 0 N–H and O–H groups in total. The van der Waals surface area contributed by atoms with E-state index in [4.69, 9.17) is 4.74 Å². The standard InChI is InChI=1S/C17H20N2O5/c1-13-4-3-9-18(11-13)16(20)12-24-17(21)8-7-14-5-2-6-15(10-14)19(22)23/h2,5-8,10,13H,3-4,9,11-12H2,1H3/b8-7+/t13-/m0/s1. The van der Waals surface area contributed by atoms with E-state index in [1.807, 2.05) is 0 Å². The lowest BCUT2D eigenvalue weighted by Gasteiger charge is -2.30. The monoisotopic (exact) mass is 332 g/mol. The number of carbonyl (C=O) groups is 2. The van der Waals surface area contributed by atoms with Crippen LogP contribution in [-0.2, 0) is 14.3 Å². The molecule has 0 radical (unpaired) electrons. The van der Waals surface area contributed by atoms with E-state index in [1.54, 1.807) is 11.0 Å². The van der Waals surface area contributed by atoms with Crippen molar-refractivity contribution in [1.29, 1.82) is 0 Å². The quantitative estimate of drug-likeness (QED) is 0.357. The highest BCUT2D eigenvalue weighted by molar-refractivity contribution is 5.89. The molecule has 1 aromatic carbocycles. The van der Waals surface area contributed by atoms with E-state index >= 15 is 0 Å². The Labute approximate surface area is 140 Å². The zero-order valence-electron chi connectivity index (χ0n) is 13.5. The van der Waals surface area contributed by atoms with Gasteiger partial charge in [0, 0.05) is 31.3 Å². The number of carbonyl (C=O) groups excluding carboxylic acids is 2. The molecule has 24 heavy (non-hydrogen) atoms. The third kappa shape index (κ3) is 5.19. The molecule has 0 aromatic heterocycles. The number of ether oxygens (including phenoxy) is 1. The molecule has 2 rings (SSSR count). The summed E-state index contributed by atoms with van der Waals surface area (Å²) in [5.41, 5.74) is 0.456. The van der Waals surface area contributed by atoms with Gasteiger partial charge in [-0.3, -0.25) is 14.9 Å². The number of hydrogen-bond acceptors (Lipinski definition) is 5. The molecule has 1 atom stereocenters. The first-order valence-electron chi connectivity index (χ1n) is 7.83. The lowest BCUT2D eigenvalue weighted by atomic mass is 10.0. The van der Waals surface area contributed by atoms with Crippen LogP contribution in [0, 0.1) is 16.0 Å². The fourth-order valence-electron chi connectivity index (χ4n) is 2.59. The number of amides is 1. The Hall–Kier alpha value is -2.70. The molecular formula is C17H20N2O5. The van der Waals surface area contributed by atoms with Crippen LogP contribution in [0.1, 0.15) is 25.3 Å². The van der Waals surface area contributed by atoms with Crippen molar-refractivity contribution in [2.24, 2.45) is 5.92 Å². The van der Waals surface area contributed by atoms with Crippen LogP contribution in [0.25, 0.3) is 6.08 Å². The second-order valence-electron chi connectivity index (χ2n) is 5.88. The summed E-state index contributed by atoms with van der Waals surface area (Å²) in [5, 5.41) is 10.7. The van der Waals surface area contributed by atoms with Crippen LogP contribution >= 0.6 is 0 Å². The molecule has 1 aliphatic rings. The third-order valence-corrected chi connectivity index (χ3v) is 3.84. The van der Waals surface area contributed by atoms with Gasteiger partial charge in [-0.2, -0.15) is 0 Å². The number of hydrogen-bond donors (Lipinski definition) is 0. The Morgan fingerprint density at radius 1 is 1.46 bits per heavy atom. The zero-order chi connectivity index (χ0) is 17.5. The highest BCUT2D eigenvalue weighted by Crippen LogP contribution is 2.16. The van der Waals surface area contributed by atoms with Gasteiger partial charge in [-0.1, -0.05) is 19.1 Å². The highest BCUT2D eigenvalue weighted by atomic mass is 16.6. The topological polar surface area (TPSA) is 89.8 Å². The van der Waals surface area contributed by atoms with Gasteiger partial charge in [0.2, 0.25) is 0 Å². The van der Waals surface area contributed by atoms with Crippen LogP contribution in [0.2, 0.25) is 0 Å². The molecule has 1 aromatic rings. The van der Waals surface area contributed by atoms with Crippen LogP contribution in [0.3, 0.4) is 0 Å².